The molecule has 2 N–H and O–H groups in total. The Kier molecular flexibility index (Phi) is 6.27. The molecule has 1 heterocycles. The maximum Gasteiger partial charge on any atom is 0.261 e. The quantitative estimate of drug-likeness (QED) is 0.816. The van der Waals surface area contributed by atoms with Gasteiger partial charge in [-0.25, -0.2) is 8.42 Å². The molecular formula is C18H23ClN2O2S. The van der Waals surface area contributed by atoms with Crippen LogP contribution in [0.5, 0.6) is 0 Å². The van der Waals surface area contributed by atoms with Crippen LogP contribution < -0.4 is 10.0 Å². The summed E-state index contributed by atoms with van der Waals surface area (Å²) in [6.45, 7) is 3.79. The van der Waals surface area contributed by atoms with Crippen molar-refractivity contribution in [3.63, 3.8) is 0 Å². The monoisotopic (exact) mass is 366 g/mol. The lowest BCUT2D eigenvalue weighted by Gasteiger charge is -2.10. The maximum absolute atomic E-state index is 12.5. The van der Waals surface area contributed by atoms with Gasteiger partial charge in [0.25, 0.3) is 10.0 Å². The Morgan fingerprint density at radius 2 is 1.75 bits per heavy atom. The largest absolute Gasteiger partial charge is 0.309 e. The van der Waals surface area contributed by atoms with Crippen LogP contribution in [-0.4, -0.2) is 8.42 Å². The summed E-state index contributed by atoms with van der Waals surface area (Å²) in [5.74, 6) is 0. The van der Waals surface area contributed by atoms with Gasteiger partial charge in [-0.2, -0.15) is 0 Å². The second-order valence-electron chi connectivity index (χ2n) is 5.94. The van der Waals surface area contributed by atoms with Crippen molar-refractivity contribution in [3.05, 3.63) is 59.2 Å². The van der Waals surface area contributed by atoms with Crippen molar-refractivity contribution in [2.75, 3.05) is 4.72 Å². The summed E-state index contributed by atoms with van der Waals surface area (Å²) in [4.78, 5) is 0.302. The fourth-order valence-corrected chi connectivity index (χ4v) is 3.84. The van der Waals surface area contributed by atoms with Crippen molar-refractivity contribution < 1.29 is 8.42 Å². The van der Waals surface area contributed by atoms with Gasteiger partial charge in [-0.3, -0.25) is 4.72 Å². The van der Waals surface area contributed by atoms with Gasteiger partial charge in [0.2, 0.25) is 0 Å². The summed E-state index contributed by atoms with van der Waals surface area (Å²) in [5, 5.41) is 3.26. The zero-order chi connectivity index (χ0) is 16.3. The molecule has 130 valence electrons. The van der Waals surface area contributed by atoms with Crippen LogP contribution in [-0.2, 0) is 29.5 Å². The first-order valence-electron chi connectivity index (χ1n) is 8.03. The van der Waals surface area contributed by atoms with Gasteiger partial charge in [0.15, 0.2) is 0 Å². The summed E-state index contributed by atoms with van der Waals surface area (Å²) in [7, 11) is -3.54. The van der Waals surface area contributed by atoms with Gasteiger partial charge in [0.1, 0.15) is 0 Å². The number of nitrogens with one attached hydrogen (secondary N) is 2. The molecule has 0 aliphatic carbocycles. The molecule has 4 nitrogen and oxygen atoms in total. The molecule has 0 radical (unpaired) electrons. The molecule has 0 spiro atoms. The first kappa shape index (κ1) is 18.8. The number of halogens is 1. The van der Waals surface area contributed by atoms with Crippen LogP contribution >= 0.6 is 12.4 Å². The molecule has 2 aromatic rings. The molecule has 3 rings (SSSR count). The fourth-order valence-electron chi connectivity index (χ4n) is 2.79. The number of benzene rings is 2. The molecule has 0 amide bonds. The zero-order valence-electron chi connectivity index (χ0n) is 13.7. The lowest BCUT2D eigenvalue weighted by molar-refractivity contribution is 0.601. The van der Waals surface area contributed by atoms with E-state index in [0.29, 0.717) is 10.6 Å². The Morgan fingerprint density at radius 1 is 1.04 bits per heavy atom. The van der Waals surface area contributed by atoms with Crippen LogP contribution in [0.1, 0.15) is 36.5 Å². The Labute approximate surface area is 150 Å². The van der Waals surface area contributed by atoms with Crippen molar-refractivity contribution in [1.29, 1.82) is 0 Å². The molecule has 6 heteroatoms. The molecule has 0 atom stereocenters. The van der Waals surface area contributed by atoms with E-state index < -0.39 is 10.0 Å². The van der Waals surface area contributed by atoms with E-state index >= 15 is 0 Å². The minimum Gasteiger partial charge on any atom is -0.309 e. The predicted molar refractivity (Wildman–Crippen MR) is 100 cm³/mol. The van der Waals surface area contributed by atoms with Crippen LogP contribution in [0.4, 0.5) is 5.69 Å². The SMILES string of the molecule is CCCCc1ccc(S(=O)(=O)Nc2ccc3c(c2)CNC3)cc1.Cl. The lowest BCUT2D eigenvalue weighted by atomic mass is 10.1. The summed E-state index contributed by atoms with van der Waals surface area (Å²) in [6, 6.07) is 12.9. The summed E-state index contributed by atoms with van der Waals surface area (Å²) in [6.07, 6.45) is 3.24. The zero-order valence-corrected chi connectivity index (χ0v) is 15.3. The molecule has 1 aliphatic heterocycles. The fraction of sp³-hybridized carbons (Fsp3) is 0.333. The highest BCUT2D eigenvalue weighted by atomic mass is 35.5. The molecule has 0 aromatic heterocycles. The van der Waals surface area contributed by atoms with E-state index in [0.717, 1.165) is 37.9 Å². The van der Waals surface area contributed by atoms with Gasteiger partial charge in [-0.05, 0) is 53.8 Å². The molecule has 24 heavy (non-hydrogen) atoms. The molecular weight excluding hydrogens is 344 g/mol. The first-order valence-corrected chi connectivity index (χ1v) is 9.51. The highest BCUT2D eigenvalue weighted by Gasteiger charge is 2.16. The van der Waals surface area contributed by atoms with Crippen LogP contribution in [0, 0.1) is 0 Å². The summed E-state index contributed by atoms with van der Waals surface area (Å²) >= 11 is 0. The molecule has 0 saturated carbocycles. The number of aryl methyl sites for hydroxylation is 1. The summed E-state index contributed by atoms with van der Waals surface area (Å²) in [5.41, 5.74) is 4.17. The molecule has 1 aliphatic rings. The van der Waals surface area contributed by atoms with Gasteiger partial charge in [-0.1, -0.05) is 31.5 Å². The molecule has 0 bridgehead atoms. The Morgan fingerprint density at radius 3 is 2.46 bits per heavy atom. The summed E-state index contributed by atoms with van der Waals surface area (Å²) < 4.78 is 27.7. The molecule has 0 unspecified atom stereocenters. The minimum atomic E-state index is -3.54. The highest BCUT2D eigenvalue weighted by molar-refractivity contribution is 7.92. The maximum atomic E-state index is 12.5. The van der Waals surface area contributed by atoms with Crippen molar-refractivity contribution >= 4 is 28.1 Å². The minimum absolute atomic E-state index is 0. The standard InChI is InChI=1S/C18H22N2O2S.ClH/c1-2-3-4-14-5-9-18(10-6-14)23(21,22)20-17-8-7-15-12-19-13-16(15)11-17;/h5-11,19-20H,2-4,12-13H2,1H3;1H. The predicted octanol–water partition coefficient (Wildman–Crippen LogP) is 3.86. The average molecular weight is 367 g/mol. The number of sulfonamides is 1. The van der Waals surface area contributed by atoms with Gasteiger partial charge in [0.05, 0.1) is 4.90 Å². The van der Waals surface area contributed by atoms with Crippen LogP contribution in [0.3, 0.4) is 0 Å². The van der Waals surface area contributed by atoms with Crippen molar-refractivity contribution in [3.8, 4) is 0 Å². The van der Waals surface area contributed by atoms with Crippen LogP contribution in [0.15, 0.2) is 47.4 Å². The second-order valence-corrected chi connectivity index (χ2v) is 7.62. The van der Waals surface area contributed by atoms with Gasteiger partial charge in [-0.15, -0.1) is 12.4 Å². The van der Waals surface area contributed by atoms with E-state index in [1.165, 1.54) is 11.1 Å². The third kappa shape index (κ3) is 4.29. The first-order chi connectivity index (χ1) is 11.1. The van der Waals surface area contributed by atoms with Gasteiger partial charge in [0, 0.05) is 18.8 Å². The second kappa shape index (κ2) is 8.01. The van der Waals surface area contributed by atoms with Crippen molar-refractivity contribution in [2.24, 2.45) is 0 Å². The van der Waals surface area contributed by atoms with E-state index in [1.54, 1.807) is 12.1 Å². The average Bonchev–Trinajstić information content (AvgIpc) is 3.00. The lowest BCUT2D eigenvalue weighted by Crippen LogP contribution is -2.13. The number of fused-ring (bicyclic) bond motifs is 1. The van der Waals surface area contributed by atoms with E-state index in [2.05, 4.69) is 17.0 Å². The Balaban J connectivity index is 0.00000208. The smallest absolute Gasteiger partial charge is 0.261 e. The number of hydrogen-bond donors (Lipinski definition) is 2. The number of hydrogen-bond acceptors (Lipinski definition) is 3. The number of anilines is 1. The van der Waals surface area contributed by atoms with E-state index in [1.807, 2.05) is 30.3 Å². The highest BCUT2D eigenvalue weighted by Crippen LogP contribution is 2.22. The van der Waals surface area contributed by atoms with Gasteiger partial charge < -0.3 is 5.32 Å². The third-order valence-corrected chi connectivity index (χ3v) is 5.54. The van der Waals surface area contributed by atoms with E-state index in [-0.39, 0.29) is 12.4 Å². The third-order valence-electron chi connectivity index (χ3n) is 4.14. The van der Waals surface area contributed by atoms with Crippen molar-refractivity contribution in [2.45, 2.75) is 44.2 Å². The molecule has 0 saturated heterocycles. The van der Waals surface area contributed by atoms with E-state index in [9.17, 15) is 8.42 Å². The molecule has 2 aromatic carbocycles. The molecule has 0 fully saturated rings. The van der Waals surface area contributed by atoms with Crippen molar-refractivity contribution in [1.82, 2.24) is 5.32 Å². The van der Waals surface area contributed by atoms with Gasteiger partial charge >= 0.3 is 0 Å². The van der Waals surface area contributed by atoms with Crippen LogP contribution in [0.2, 0.25) is 0 Å². The van der Waals surface area contributed by atoms with Crippen LogP contribution in [0.25, 0.3) is 0 Å². The Hall–Kier alpha value is -1.56. The topological polar surface area (TPSA) is 58.2 Å². The van der Waals surface area contributed by atoms with E-state index in [4.69, 9.17) is 0 Å². The number of rotatable bonds is 6. The Bertz CT molecular complexity index is 789. The number of unbranched alkanes of at least 4 members (excludes halogenated alkanes) is 1. The normalized spacial score (nSPS) is 13.2.